The van der Waals surface area contributed by atoms with Crippen LogP contribution in [-0.2, 0) is 4.74 Å². The van der Waals surface area contributed by atoms with Gasteiger partial charge in [-0.15, -0.1) is 0 Å². The van der Waals surface area contributed by atoms with Crippen molar-refractivity contribution in [2.24, 2.45) is 0 Å². The summed E-state index contributed by atoms with van der Waals surface area (Å²) in [5.74, 6) is -0.178. The zero-order valence-electron chi connectivity index (χ0n) is 8.66. The van der Waals surface area contributed by atoms with E-state index in [0.717, 1.165) is 0 Å². The number of ether oxygens (including phenoxy) is 1. The SMILES string of the molecule is COC(C)CNC(=O)c1ccc(Cl)nc1. The van der Waals surface area contributed by atoms with Gasteiger partial charge in [-0.3, -0.25) is 4.79 Å². The van der Waals surface area contributed by atoms with E-state index < -0.39 is 0 Å². The van der Waals surface area contributed by atoms with Crippen molar-refractivity contribution >= 4 is 17.5 Å². The smallest absolute Gasteiger partial charge is 0.252 e. The minimum atomic E-state index is -0.178. The van der Waals surface area contributed by atoms with Crippen LogP contribution in [0.25, 0.3) is 0 Å². The Balaban J connectivity index is 2.50. The topological polar surface area (TPSA) is 51.2 Å². The van der Waals surface area contributed by atoms with Crippen LogP contribution in [0.15, 0.2) is 18.3 Å². The van der Waals surface area contributed by atoms with Gasteiger partial charge >= 0.3 is 0 Å². The number of nitrogens with one attached hydrogen (secondary N) is 1. The molecule has 0 aliphatic carbocycles. The van der Waals surface area contributed by atoms with Crippen molar-refractivity contribution < 1.29 is 9.53 Å². The van der Waals surface area contributed by atoms with Crippen molar-refractivity contribution in [3.8, 4) is 0 Å². The second-order valence-corrected chi connectivity index (χ2v) is 3.51. The lowest BCUT2D eigenvalue weighted by Crippen LogP contribution is -2.31. The van der Waals surface area contributed by atoms with Crippen LogP contribution in [0.2, 0.25) is 5.15 Å². The number of carbonyl (C=O) groups excluding carboxylic acids is 1. The molecule has 1 amide bonds. The Labute approximate surface area is 93.6 Å². The maximum absolute atomic E-state index is 11.5. The second kappa shape index (κ2) is 5.68. The van der Waals surface area contributed by atoms with E-state index >= 15 is 0 Å². The number of nitrogens with zero attached hydrogens (tertiary/aromatic N) is 1. The fourth-order valence-corrected chi connectivity index (χ4v) is 1.04. The van der Waals surface area contributed by atoms with Crippen molar-refractivity contribution in [1.82, 2.24) is 10.3 Å². The fourth-order valence-electron chi connectivity index (χ4n) is 0.932. The third kappa shape index (κ3) is 3.85. The van der Waals surface area contributed by atoms with E-state index in [1.54, 1.807) is 19.2 Å². The second-order valence-electron chi connectivity index (χ2n) is 3.13. The number of amides is 1. The van der Waals surface area contributed by atoms with Gasteiger partial charge in [0.2, 0.25) is 0 Å². The van der Waals surface area contributed by atoms with Gasteiger partial charge in [0.15, 0.2) is 0 Å². The summed E-state index contributed by atoms with van der Waals surface area (Å²) in [6, 6.07) is 3.21. The number of carbonyl (C=O) groups is 1. The molecule has 0 aliphatic heterocycles. The normalized spacial score (nSPS) is 12.2. The van der Waals surface area contributed by atoms with Gasteiger partial charge in [-0.05, 0) is 19.1 Å². The molecule has 4 nitrogen and oxygen atoms in total. The Hall–Kier alpha value is -1.13. The van der Waals surface area contributed by atoms with Crippen molar-refractivity contribution in [3.05, 3.63) is 29.0 Å². The highest BCUT2D eigenvalue weighted by Crippen LogP contribution is 2.04. The Kier molecular flexibility index (Phi) is 4.52. The van der Waals surface area contributed by atoms with Crippen LogP contribution in [0.5, 0.6) is 0 Å². The van der Waals surface area contributed by atoms with Gasteiger partial charge in [0.1, 0.15) is 5.15 Å². The average molecular weight is 229 g/mol. The summed E-state index contributed by atoms with van der Waals surface area (Å²) < 4.78 is 5.00. The predicted molar refractivity (Wildman–Crippen MR) is 58.1 cm³/mol. The number of rotatable bonds is 4. The Morgan fingerprint density at radius 3 is 2.93 bits per heavy atom. The first kappa shape index (κ1) is 11.9. The third-order valence-corrected chi connectivity index (χ3v) is 2.17. The van der Waals surface area contributed by atoms with Crippen LogP contribution in [-0.4, -0.2) is 30.6 Å². The highest BCUT2D eigenvalue weighted by Gasteiger charge is 2.07. The largest absolute Gasteiger partial charge is 0.380 e. The summed E-state index contributed by atoms with van der Waals surface area (Å²) in [5, 5.41) is 3.09. The molecule has 0 fully saturated rings. The first-order valence-corrected chi connectivity index (χ1v) is 4.94. The van der Waals surface area contributed by atoms with Gasteiger partial charge in [-0.2, -0.15) is 0 Å². The van der Waals surface area contributed by atoms with Crippen LogP contribution < -0.4 is 5.32 Å². The van der Waals surface area contributed by atoms with Gasteiger partial charge in [0, 0.05) is 19.9 Å². The molecule has 0 aliphatic rings. The summed E-state index contributed by atoms with van der Waals surface area (Å²) in [4.78, 5) is 15.3. The molecule has 82 valence electrons. The molecule has 1 rings (SSSR count). The van der Waals surface area contributed by atoms with Crippen LogP contribution in [0.1, 0.15) is 17.3 Å². The van der Waals surface area contributed by atoms with Crippen molar-refractivity contribution in [2.45, 2.75) is 13.0 Å². The van der Waals surface area contributed by atoms with Gasteiger partial charge in [-0.1, -0.05) is 11.6 Å². The molecular weight excluding hydrogens is 216 g/mol. The van der Waals surface area contributed by atoms with E-state index in [1.807, 2.05) is 6.92 Å². The van der Waals surface area contributed by atoms with Gasteiger partial charge in [-0.25, -0.2) is 4.98 Å². The van der Waals surface area contributed by atoms with E-state index in [0.29, 0.717) is 17.3 Å². The monoisotopic (exact) mass is 228 g/mol. The Morgan fingerprint density at radius 1 is 1.67 bits per heavy atom. The number of halogens is 1. The van der Waals surface area contributed by atoms with E-state index in [4.69, 9.17) is 16.3 Å². The number of aromatic nitrogens is 1. The predicted octanol–water partition coefficient (Wildman–Crippen LogP) is 1.50. The van der Waals surface area contributed by atoms with Crippen LogP contribution in [0, 0.1) is 0 Å². The fraction of sp³-hybridized carbons (Fsp3) is 0.400. The molecule has 0 saturated carbocycles. The molecular formula is C10H13ClN2O2. The molecule has 0 aromatic carbocycles. The quantitative estimate of drug-likeness (QED) is 0.795. The molecule has 1 aromatic rings. The minimum absolute atomic E-state index is 0.00536. The summed E-state index contributed by atoms with van der Waals surface area (Å²) in [6.45, 7) is 2.35. The summed E-state index contributed by atoms with van der Waals surface area (Å²) in [5.41, 5.74) is 0.489. The van der Waals surface area contributed by atoms with Crippen LogP contribution in [0.3, 0.4) is 0 Å². The molecule has 15 heavy (non-hydrogen) atoms. The van der Waals surface area contributed by atoms with E-state index in [2.05, 4.69) is 10.3 Å². The molecule has 1 aromatic heterocycles. The minimum Gasteiger partial charge on any atom is -0.380 e. The van der Waals surface area contributed by atoms with Crippen molar-refractivity contribution in [3.63, 3.8) is 0 Å². The molecule has 1 heterocycles. The zero-order chi connectivity index (χ0) is 11.3. The molecule has 0 radical (unpaired) electrons. The van der Waals surface area contributed by atoms with E-state index in [9.17, 15) is 4.79 Å². The lowest BCUT2D eigenvalue weighted by atomic mass is 10.2. The number of hydrogen-bond donors (Lipinski definition) is 1. The van der Waals surface area contributed by atoms with E-state index in [-0.39, 0.29) is 12.0 Å². The highest BCUT2D eigenvalue weighted by molar-refractivity contribution is 6.29. The third-order valence-electron chi connectivity index (χ3n) is 1.94. The Bertz CT molecular complexity index is 327. The zero-order valence-corrected chi connectivity index (χ0v) is 9.41. The lowest BCUT2D eigenvalue weighted by Gasteiger charge is -2.10. The maximum Gasteiger partial charge on any atom is 0.252 e. The molecule has 0 spiro atoms. The first-order valence-electron chi connectivity index (χ1n) is 4.56. The van der Waals surface area contributed by atoms with Crippen molar-refractivity contribution in [2.75, 3.05) is 13.7 Å². The number of methoxy groups -OCH3 is 1. The van der Waals surface area contributed by atoms with Crippen LogP contribution >= 0.6 is 11.6 Å². The maximum atomic E-state index is 11.5. The molecule has 0 saturated heterocycles. The molecule has 1 N–H and O–H groups in total. The van der Waals surface area contributed by atoms with E-state index in [1.165, 1.54) is 6.20 Å². The standard InChI is InChI=1S/C10H13ClN2O2/c1-7(15-2)5-13-10(14)8-3-4-9(11)12-6-8/h3-4,6-7H,5H2,1-2H3,(H,13,14). The molecule has 1 unspecified atom stereocenters. The highest BCUT2D eigenvalue weighted by atomic mass is 35.5. The van der Waals surface area contributed by atoms with Gasteiger partial charge in [0.05, 0.1) is 11.7 Å². The summed E-state index contributed by atoms with van der Waals surface area (Å²) >= 11 is 5.60. The van der Waals surface area contributed by atoms with Gasteiger partial charge in [0.25, 0.3) is 5.91 Å². The summed E-state index contributed by atoms with van der Waals surface area (Å²) in [6.07, 6.45) is 1.43. The number of hydrogen-bond acceptors (Lipinski definition) is 3. The molecule has 5 heteroatoms. The van der Waals surface area contributed by atoms with Crippen LogP contribution in [0.4, 0.5) is 0 Å². The average Bonchev–Trinajstić information content (AvgIpc) is 2.26. The number of pyridine rings is 1. The first-order chi connectivity index (χ1) is 7.13. The molecule has 1 atom stereocenters. The Morgan fingerprint density at radius 2 is 2.40 bits per heavy atom. The lowest BCUT2D eigenvalue weighted by molar-refractivity contribution is 0.0870. The van der Waals surface area contributed by atoms with Crippen molar-refractivity contribution in [1.29, 1.82) is 0 Å². The summed E-state index contributed by atoms with van der Waals surface area (Å²) in [7, 11) is 1.60. The van der Waals surface area contributed by atoms with Gasteiger partial charge < -0.3 is 10.1 Å². The molecule has 0 bridgehead atoms.